The van der Waals surface area contributed by atoms with Crippen LogP contribution in [0.1, 0.15) is 26.7 Å². The van der Waals surface area contributed by atoms with Crippen molar-refractivity contribution in [2.24, 2.45) is 0 Å². The average Bonchev–Trinajstić information content (AvgIpc) is 2.18. The van der Waals surface area contributed by atoms with Gasteiger partial charge in [0.1, 0.15) is 0 Å². The molecule has 1 rings (SSSR count). The van der Waals surface area contributed by atoms with Crippen LogP contribution < -0.4 is 5.32 Å². The molecule has 1 saturated carbocycles. The molecular weight excluding hydrogens is 142 g/mol. The van der Waals surface area contributed by atoms with Gasteiger partial charge in [0.05, 0.1) is 12.2 Å². The molecule has 0 aromatic carbocycles. The molecule has 0 amide bonds. The molecule has 3 nitrogen and oxygen atoms in total. The second-order valence-electron chi connectivity index (χ2n) is 3.56. The van der Waals surface area contributed by atoms with Crippen molar-refractivity contribution >= 4 is 0 Å². The second-order valence-corrected chi connectivity index (χ2v) is 3.56. The Kier molecular flexibility index (Phi) is 2.87. The van der Waals surface area contributed by atoms with Crippen LogP contribution in [0.4, 0.5) is 0 Å². The molecule has 0 unspecified atom stereocenters. The lowest BCUT2D eigenvalue weighted by molar-refractivity contribution is 0.0289. The summed E-state index contributed by atoms with van der Waals surface area (Å²) in [4.78, 5) is 0. The van der Waals surface area contributed by atoms with E-state index in [0.717, 1.165) is 6.42 Å². The standard InChI is InChI=1S/C8H17NO2/c1-5(2)9-6-3-4-7(10)8(6)11/h5-11H,3-4H2,1-2H3/t6-,7-,8+/m1/s1. The molecule has 1 aliphatic rings. The minimum atomic E-state index is -0.572. The Morgan fingerprint density at radius 2 is 1.91 bits per heavy atom. The SMILES string of the molecule is CC(C)N[C@@H]1CC[C@@H](O)[C@H]1O. The molecule has 1 aliphatic carbocycles. The lowest BCUT2D eigenvalue weighted by atomic mass is 10.2. The van der Waals surface area contributed by atoms with Crippen LogP contribution in [0.15, 0.2) is 0 Å². The first-order valence-electron chi connectivity index (χ1n) is 4.23. The van der Waals surface area contributed by atoms with Crippen LogP contribution in [0.5, 0.6) is 0 Å². The van der Waals surface area contributed by atoms with E-state index in [4.69, 9.17) is 0 Å². The number of aliphatic hydroxyl groups excluding tert-OH is 2. The lowest BCUT2D eigenvalue weighted by Crippen LogP contribution is -2.42. The Morgan fingerprint density at radius 3 is 2.27 bits per heavy atom. The van der Waals surface area contributed by atoms with Crippen molar-refractivity contribution in [3.8, 4) is 0 Å². The first-order chi connectivity index (χ1) is 5.11. The molecule has 0 radical (unpaired) electrons. The maximum absolute atomic E-state index is 9.39. The number of aliphatic hydroxyl groups is 2. The van der Waals surface area contributed by atoms with Crippen molar-refractivity contribution in [3.63, 3.8) is 0 Å². The average molecular weight is 159 g/mol. The van der Waals surface area contributed by atoms with E-state index in [-0.39, 0.29) is 6.04 Å². The minimum Gasteiger partial charge on any atom is -0.390 e. The fraction of sp³-hybridized carbons (Fsp3) is 1.00. The highest BCUT2D eigenvalue weighted by molar-refractivity contribution is 4.89. The number of hydrogen-bond donors (Lipinski definition) is 3. The maximum atomic E-state index is 9.39. The molecule has 0 heterocycles. The summed E-state index contributed by atoms with van der Waals surface area (Å²) in [6.07, 6.45) is 0.496. The molecule has 0 aliphatic heterocycles. The molecule has 11 heavy (non-hydrogen) atoms. The Bertz CT molecular complexity index is 127. The van der Waals surface area contributed by atoms with Crippen LogP contribution in [-0.4, -0.2) is 34.5 Å². The van der Waals surface area contributed by atoms with Crippen molar-refractivity contribution in [1.29, 1.82) is 0 Å². The predicted octanol–water partition coefficient (Wildman–Crippen LogP) is -0.131. The van der Waals surface area contributed by atoms with Crippen LogP contribution in [0.25, 0.3) is 0 Å². The summed E-state index contributed by atoms with van der Waals surface area (Å²) in [7, 11) is 0. The van der Waals surface area contributed by atoms with Crippen molar-refractivity contribution in [1.82, 2.24) is 5.32 Å². The molecule has 3 atom stereocenters. The van der Waals surface area contributed by atoms with Gasteiger partial charge in [0, 0.05) is 12.1 Å². The smallest absolute Gasteiger partial charge is 0.0951 e. The summed E-state index contributed by atoms with van der Waals surface area (Å²) >= 11 is 0. The first kappa shape index (κ1) is 8.97. The van der Waals surface area contributed by atoms with Crippen LogP contribution in [-0.2, 0) is 0 Å². The van der Waals surface area contributed by atoms with E-state index in [1.54, 1.807) is 0 Å². The molecule has 1 fully saturated rings. The number of nitrogens with one attached hydrogen (secondary N) is 1. The molecule has 0 aromatic heterocycles. The summed E-state index contributed by atoms with van der Waals surface area (Å²) < 4.78 is 0. The predicted molar refractivity (Wildman–Crippen MR) is 43.3 cm³/mol. The van der Waals surface area contributed by atoms with E-state index in [2.05, 4.69) is 5.32 Å². The topological polar surface area (TPSA) is 52.5 Å². The van der Waals surface area contributed by atoms with Gasteiger partial charge in [0.2, 0.25) is 0 Å². The monoisotopic (exact) mass is 159 g/mol. The van der Waals surface area contributed by atoms with E-state index in [1.165, 1.54) is 0 Å². The second kappa shape index (κ2) is 3.52. The van der Waals surface area contributed by atoms with Gasteiger partial charge >= 0.3 is 0 Å². The zero-order valence-electron chi connectivity index (χ0n) is 7.12. The lowest BCUT2D eigenvalue weighted by Gasteiger charge is -2.20. The zero-order chi connectivity index (χ0) is 8.43. The number of rotatable bonds is 2. The molecule has 0 saturated heterocycles. The largest absolute Gasteiger partial charge is 0.390 e. The van der Waals surface area contributed by atoms with Gasteiger partial charge in [-0.15, -0.1) is 0 Å². The highest BCUT2D eigenvalue weighted by Gasteiger charge is 2.33. The normalized spacial score (nSPS) is 38.5. The first-order valence-corrected chi connectivity index (χ1v) is 4.23. The van der Waals surface area contributed by atoms with Crippen molar-refractivity contribution in [3.05, 3.63) is 0 Å². The summed E-state index contributed by atoms with van der Waals surface area (Å²) in [5.41, 5.74) is 0. The number of hydrogen-bond acceptors (Lipinski definition) is 3. The van der Waals surface area contributed by atoms with Crippen molar-refractivity contribution in [2.75, 3.05) is 0 Å². The Balaban J connectivity index is 2.36. The molecule has 66 valence electrons. The van der Waals surface area contributed by atoms with Crippen LogP contribution in [0.3, 0.4) is 0 Å². The zero-order valence-corrected chi connectivity index (χ0v) is 7.12. The van der Waals surface area contributed by atoms with Crippen molar-refractivity contribution in [2.45, 2.75) is 51.0 Å². The third kappa shape index (κ3) is 2.15. The third-order valence-corrected chi connectivity index (χ3v) is 2.13. The van der Waals surface area contributed by atoms with E-state index >= 15 is 0 Å². The molecule has 3 heteroatoms. The maximum Gasteiger partial charge on any atom is 0.0951 e. The quantitative estimate of drug-likeness (QED) is 0.526. The Morgan fingerprint density at radius 1 is 1.27 bits per heavy atom. The summed E-state index contributed by atoms with van der Waals surface area (Å²) in [6, 6.07) is 0.463. The summed E-state index contributed by atoms with van der Waals surface area (Å²) in [5.74, 6) is 0. The summed E-state index contributed by atoms with van der Waals surface area (Å²) in [5, 5.41) is 21.8. The molecule has 0 spiro atoms. The Hall–Kier alpha value is -0.120. The van der Waals surface area contributed by atoms with E-state index in [1.807, 2.05) is 13.8 Å². The van der Waals surface area contributed by atoms with Gasteiger partial charge in [-0.2, -0.15) is 0 Å². The van der Waals surface area contributed by atoms with Gasteiger partial charge < -0.3 is 15.5 Å². The minimum absolute atomic E-state index is 0.0880. The van der Waals surface area contributed by atoms with E-state index in [9.17, 15) is 10.2 Å². The van der Waals surface area contributed by atoms with Crippen LogP contribution in [0.2, 0.25) is 0 Å². The van der Waals surface area contributed by atoms with Crippen LogP contribution >= 0.6 is 0 Å². The third-order valence-electron chi connectivity index (χ3n) is 2.13. The summed E-state index contributed by atoms with van der Waals surface area (Å²) in [6.45, 7) is 4.08. The molecule has 3 N–H and O–H groups in total. The van der Waals surface area contributed by atoms with E-state index < -0.39 is 12.2 Å². The van der Waals surface area contributed by atoms with Gasteiger partial charge in [-0.1, -0.05) is 13.8 Å². The molecule has 0 aromatic rings. The highest BCUT2D eigenvalue weighted by atomic mass is 16.3. The highest BCUT2D eigenvalue weighted by Crippen LogP contribution is 2.19. The van der Waals surface area contributed by atoms with E-state index in [0.29, 0.717) is 12.5 Å². The molecule has 0 bridgehead atoms. The van der Waals surface area contributed by atoms with Gasteiger partial charge in [0.15, 0.2) is 0 Å². The van der Waals surface area contributed by atoms with Crippen molar-refractivity contribution < 1.29 is 10.2 Å². The van der Waals surface area contributed by atoms with Gasteiger partial charge in [-0.3, -0.25) is 0 Å². The molecular formula is C8H17NO2. The van der Waals surface area contributed by atoms with Gasteiger partial charge in [0.25, 0.3) is 0 Å². The fourth-order valence-corrected chi connectivity index (χ4v) is 1.57. The van der Waals surface area contributed by atoms with Gasteiger partial charge in [-0.25, -0.2) is 0 Å². The van der Waals surface area contributed by atoms with Gasteiger partial charge in [-0.05, 0) is 12.8 Å². The fourth-order valence-electron chi connectivity index (χ4n) is 1.57. The Labute approximate surface area is 67.4 Å². The van der Waals surface area contributed by atoms with Crippen LogP contribution in [0, 0.1) is 0 Å².